The normalized spacial score (nSPS) is 15.8. The van der Waals surface area contributed by atoms with E-state index in [4.69, 9.17) is 4.74 Å². The molecule has 0 bridgehead atoms. The number of fused-ring (bicyclic) bond motifs is 1. The monoisotopic (exact) mass is 613 g/mol. The highest BCUT2D eigenvalue weighted by Gasteiger charge is 2.26. The minimum absolute atomic E-state index is 0.112. The minimum Gasteiger partial charge on any atom is -0.497 e. The zero-order valence-corrected chi connectivity index (χ0v) is 25.3. The zero-order valence-electron chi connectivity index (χ0n) is 24.5. The van der Waals surface area contributed by atoms with Crippen molar-refractivity contribution in [1.29, 1.82) is 0 Å². The fourth-order valence-corrected chi connectivity index (χ4v) is 7.18. The van der Waals surface area contributed by atoms with Crippen molar-refractivity contribution in [2.75, 3.05) is 43.3 Å². The molecule has 0 unspecified atom stereocenters. The number of anilines is 2. The number of nitrogens with zero attached hydrogens (tertiary/aromatic N) is 3. The lowest BCUT2D eigenvalue weighted by Gasteiger charge is -2.34. The Kier molecular flexibility index (Phi) is 8.38. The number of benzene rings is 3. The fourth-order valence-electron chi connectivity index (χ4n) is 5.94. The van der Waals surface area contributed by atoms with Crippen molar-refractivity contribution in [3.05, 3.63) is 90.1 Å². The number of pyridine rings is 1. The van der Waals surface area contributed by atoms with Gasteiger partial charge in [-0.25, -0.2) is 13.2 Å². The maximum atomic E-state index is 13.4. The number of nitrogens with one attached hydrogen (secondary N) is 2. The molecule has 0 spiro atoms. The molecule has 10 nitrogen and oxygen atoms in total. The average molecular weight is 614 g/mol. The predicted molar refractivity (Wildman–Crippen MR) is 170 cm³/mol. The number of urea groups is 1. The molecule has 2 fully saturated rings. The van der Waals surface area contributed by atoms with Gasteiger partial charge >= 0.3 is 6.03 Å². The molecule has 1 saturated heterocycles. The van der Waals surface area contributed by atoms with E-state index in [2.05, 4.69) is 21.1 Å². The maximum Gasteiger partial charge on any atom is 0.321 e. The lowest BCUT2D eigenvalue weighted by molar-refractivity contribution is 0.0671. The van der Waals surface area contributed by atoms with Gasteiger partial charge in [0.15, 0.2) is 0 Å². The van der Waals surface area contributed by atoms with Gasteiger partial charge in [0.05, 0.1) is 12.6 Å². The topological polar surface area (TPSA) is 121 Å². The molecule has 3 amide bonds. The van der Waals surface area contributed by atoms with Crippen LogP contribution in [0.25, 0.3) is 10.9 Å². The van der Waals surface area contributed by atoms with Gasteiger partial charge in [0.2, 0.25) is 0 Å². The lowest BCUT2D eigenvalue weighted by atomic mass is 9.98. The van der Waals surface area contributed by atoms with Gasteiger partial charge in [-0.05, 0) is 72.9 Å². The SMILES string of the molecule is COc1cccc(NC(=O)N2CCN(C(=O)c3ccc(NS(=O)(=O)c4cccc5cc(C6CCCC6)cnc45)cc3)CC2)c1. The number of sulfonamides is 1. The summed E-state index contributed by atoms with van der Waals surface area (Å²) < 4.78 is 34.6. The van der Waals surface area contributed by atoms with Crippen molar-refractivity contribution in [3.8, 4) is 5.75 Å². The number of aromatic nitrogens is 1. The van der Waals surface area contributed by atoms with Gasteiger partial charge in [-0.15, -0.1) is 0 Å². The Morgan fingerprint density at radius 3 is 2.30 bits per heavy atom. The molecule has 2 aliphatic rings. The molecule has 0 atom stereocenters. The highest BCUT2D eigenvalue weighted by molar-refractivity contribution is 7.93. The molecule has 6 rings (SSSR count). The molecular weight excluding hydrogens is 578 g/mol. The number of amides is 3. The summed E-state index contributed by atoms with van der Waals surface area (Å²) in [6, 6.07) is 20.5. The Labute approximate surface area is 257 Å². The standard InChI is InChI=1S/C33H35N5O5S/c1-43-29-10-5-9-28(21-29)35-33(40)38-18-16-37(17-19-38)32(39)24-12-14-27(15-13-24)36-44(41,42)30-11-4-8-25-20-26(22-34-31(25)30)23-6-2-3-7-23/h4-5,8-15,20-23,36H,2-3,6-7,16-19H2,1H3,(H,35,40). The molecule has 228 valence electrons. The summed E-state index contributed by atoms with van der Waals surface area (Å²) in [6.45, 7) is 1.55. The van der Waals surface area contributed by atoms with Crippen LogP contribution < -0.4 is 14.8 Å². The van der Waals surface area contributed by atoms with E-state index in [0.717, 1.165) is 23.8 Å². The van der Waals surface area contributed by atoms with Crippen molar-refractivity contribution in [2.45, 2.75) is 36.5 Å². The van der Waals surface area contributed by atoms with Crippen LogP contribution in [0, 0.1) is 0 Å². The van der Waals surface area contributed by atoms with Crippen molar-refractivity contribution >= 4 is 44.2 Å². The number of rotatable bonds is 7. The maximum absolute atomic E-state index is 13.4. The molecule has 2 heterocycles. The van der Waals surface area contributed by atoms with Crippen LogP contribution in [0.15, 0.2) is 83.9 Å². The van der Waals surface area contributed by atoms with E-state index in [9.17, 15) is 18.0 Å². The second-order valence-electron chi connectivity index (χ2n) is 11.2. The summed E-state index contributed by atoms with van der Waals surface area (Å²) in [6.07, 6.45) is 6.53. The van der Waals surface area contributed by atoms with Crippen LogP contribution in [-0.4, -0.2) is 68.4 Å². The van der Waals surface area contributed by atoms with Gasteiger partial charge in [-0.2, -0.15) is 0 Å². The number of carbonyl (C=O) groups is 2. The van der Waals surface area contributed by atoms with Crippen LogP contribution in [0.2, 0.25) is 0 Å². The Bertz CT molecular complexity index is 1780. The Morgan fingerprint density at radius 2 is 1.57 bits per heavy atom. The highest BCUT2D eigenvalue weighted by Crippen LogP contribution is 2.35. The van der Waals surface area contributed by atoms with Crippen molar-refractivity contribution in [1.82, 2.24) is 14.8 Å². The number of methoxy groups -OCH3 is 1. The van der Waals surface area contributed by atoms with Crippen molar-refractivity contribution in [3.63, 3.8) is 0 Å². The lowest BCUT2D eigenvalue weighted by Crippen LogP contribution is -2.51. The number of piperazine rings is 1. The van der Waals surface area contributed by atoms with Crippen molar-refractivity contribution < 1.29 is 22.7 Å². The number of carbonyl (C=O) groups excluding carboxylic acids is 2. The molecule has 1 saturated carbocycles. The van der Waals surface area contributed by atoms with E-state index in [1.165, 1.54) is 12.8 Å². The summed E-state index contributed by atoms with van der Waals surface area (Å²) in [5, 5.41) is 3.67. The van der Waals surface area contributed by atoms with E-state index >= 15 is 0 Å². The van der Waals surface area contributed by atoms with Gasteiger partial charge in [0, 0.05) is 60.8 Å². The number of hydrogen-bond acceptors (Lipinski definition) is 6. The van der Waals surface area contributed by atoms with Gasteiger partial charge in [-0.1, -0.05) is 31.0 Å². The largest absolute Gasteiger partial charge is 0.497 e. The first-order chi connectivity index (χ1) is 21.3. The molecule has 4 aromatic rings. The van der Waals surface area contributed by atoms with Crippen LogP contribution in [0.3, 0.4) is 0 Å². The van der Waals surface area contributed by atoms with Gasteiger partial charge in [0.25, 0.3) is 15.9 Å². The Morgan fingerprint density at radius 1 is 0.864 bits per heavy atom. The number of para-hydroxylation sites is 1. The summed E-state index contributed by atoms with van der Waals surface area (Å²) >= 11 is 0. The first kappa shape index (κ1) is 29.4. The highest BCUT2D eigenvalue weighted by atomic mass is 32.2. The van der Waals surface area contributed by atoms with Crippen molar-refractivity contribution in [2.24, 2.45) is 0 Å². The first-order valence-corrected chi connectivity index (χ1v) is 16.3. The van der Waals surface area contributed by atoms with Crippen LogP contribution in [0.5, 0.6) is 5.75 Å². The molecule has 11 heteroatoms. The van der Waals surface area contributed by atoms with E-state index in [1.54, 1.807) is 77.6 Å². The summed E-state index contributed by atoms with van der Waals surface area (Å²) in [4.78, 5) is 33.9. The minimum atomic E-state index is -3.92. The quantitative estimate of drug-likeness (QED) is 0.276. The predicted octanol–water partition coefficient (Wildman–Crippen LogP) is 5.69. The Hall–Kier alpha value is -4.64. The third-order valence-electron chi connectivity index (χ3n) is 8.37. The molecule has 1 aliphatic heterocycles. The fraction of sp³-hybridized carbons (Fsp3) is 0.303. The van der Waals surface area contributed by atoms with Crippen LogP contribution >= 0.6 is 0 Å². The van der Waals surface area contributed by atoms with E-state index < -0.39 is 10.0 Å². The molecule has 2 N–H and O–H groups in total. The second-order valence-corrected chi connectivity index (χ2v) is 12.9. The third-order valence-corrected chi connectivity index (χ3v) is 9.78. The van der Waals surface area contributed by atoms with Crippen LogP contribution in [-0.2, 0) is 10.0 Å². The van der Waals surface area contributed by atoms with Crippen LogP contribution in [0.4, 0.5) is 16.2 Å². The van der Waals surface area contributed by atoms with E-state index in [-0.39, 0.29) is 16.8 Å². The van der Waals surface area contributed by atoms with Gasteiger partial charge in [-0.3, -0.25) is 14.5 Å². The smallest absolute Gasteiger partial charge is 0.321 e. The number of ether oxygens (including phenoxy) is 1. The Balaban J connectivity index is 1.07. The molecule has 0 radical (unpaired) electrons. The number of hydrogen-bond donors (Lipinski definition) is 2. The molecule has 1 aliphatic carbocycles. The summed E-state index contributed by atoms with van der Waals surface area (Å²) in [7, 11) is -2.36. The molecular formula is C33H35N5O5S. The first-order valence-electron chi connectivity index (χ1n) is 14.8. The van der Waals surface area contributed by atoms with E-state index in [1.807, 2.05) is 12.3 Å². The average Bonchev–Trinajstić information content (AvgIpc) is 3.60. The zero-order chi connectivity index (χ0) is 30.7. The summed E-state index contributed by atoms with van der Waals surface area (Å²) in [5.41, 5.74) is 3.02. The molecule has 1 aromatic heterocycles. The van der Waals surface area contributed by atoms with Gasteiger partial charge in [0.1, 0.15) is 10.6 Å². The van der Waals surface area contributed by atoms with E-state index in [0.29, 0.717) is 60.3 Å². The van der Waals surface area contributed by atoms with Gasteiger partial charge < -0.3 is 19.9 Å². The third kappa shape index (κ3) is 6.33. The molecule has 3 aromatic carbocycles. The molecule has 44 heavy (non-hydrogen) atoms. The van der Waals surface area contributed by atoms with Crippen LogP contribution in [0.1, 0.15) is 47.5 Å². The second kappa shape index (κ2) is 12.5. The summed E-state index contributed by atoms with van der Waals surface area (Å²) in [5.74, 6) is 0.957.